The van der Waals surface area contributed by atoms with Crippen molar-refractivity contribution in [2.75, 3.05) is 0 Å². The Kier molecular flexibility index (Phi) is 2.98. The second-order valence-electron chi connectivity index (χ2n) is 6.42. The summed E-state index contributed by atoms with van der Waals surface area (Å²) in [6.07, 6.45) is 11.1. The molecule has 6 nitrogen and oxygen atoms in total. The van der Waals surface area contributed by atoms with Gasteiger partial charge in [0.05, 0.1) is 24.4 Å². The molecule has 1 saturated carbocycles. The molecule has 2 atom stereocenters. The maximum Gasteiger partial charge on any atom is 0.244 e. The largest absolute Gasteiger partial charge is 0.344 e. The van der Waals surface area contributed by atoms with Gasteiger partial charge in [-0.2, -0.15) is 0 Å². The summed E-state index contributed by atoms with van der Waals surface area (Å²) >= 11 is 1.55. The highest BCUT2D eigenvalue weighted by Crippen LogP contribution is 2.49. The highest BCUT2D eigenvalue weighted by atomic mass is 32.2. The first-order valence-electron chi connectivity index (χ1n) is 8.17. The van der Waals surface area contributed by atoms with E-state index >= 15 is 0 Å². The van der Waals surface area contributed by atoms with Crippen LogP contribution in [0.15, 0.2) is 22.5 Å². The van der Waals surface area contributed by atoms with Crippen LogP contribution in [0.2, 0.25) is 0 Å². The molecule has 0 radical (unpaired) electrons. The van der Waals surface area contributed by atoms with E-state index in [1.807, 2.05) is 4.90 Å². The molecule has 0 saturated heterocycles. The fourth-order valence-corrected chi connectivity index (χ4v) is 5.20. The van der Waals surface area contributed by atoms with Crippen LogP contribution in [0.25, 0.3) is 11.0 Å². The molecule has 2 aromatic rings. The molecule has 2 aliphatic heterocycles. The number of aromatic nitrogens is 3. The molecule has 2 aromatic heterocycles. The zero-order valence-electron chi connectivity index (χ0n) is 12.6. The second kappa shape index (κ2) is 5.06. The van der Waals surface area contributed by atoms with Crippen molar-refractivity contribution in [2.45, 2.75) is 54.5 Å². The van der Waals surface area contributed by atoms with E-state index in [0.29, 0.717) is 6.04 Å². The van der Waals surface area contributed by atoms with Gasteiger partial charge in [-0.3, -0.25) is 14.7 Å². The van der Waals surface area contributed by atoms with E-state index in [-0.39, 0.29) is 17.2 Å². The van der Waals surface area contributed by atoms with Crippen LogP contribution in [-0.4, -0.2) is 43.4 Å². The summed E-state index contributed by atoms with van der Waals surface area (Å²) in [5.74, 6) is 0.188. The van der Waals surface area contributed by atoms with Crippen LogP contribution in [-0.2, 0) is 4.79 Å². The number of pyridine rings is 1. The van der Waals surface area contributed by atoms with Crippen LogP contribution in [0, 0.1) is 0 Å². The van der Waals surface area contributed by atoms with Crippen molar-refractivity contribution in [1.29, 1.82) is 0 Å². The molecular formula is C16H17N5OS. The van der Waals surface area contributed by atoms with E-state index in [9.17, 15) is 4.79 Å². The van der Waals surface area contributed by atoms with Crippen LogP contribution in [0.5, 0.6) is 0 Å². The minimum absolute atomic E-state index is 0.140. The fraction of sp³-hybridized carbons (Fsp3) is 0.500. The van der Waals surface area contributed by atoms with Gasteiger partial charge in [0.2, 0.25) is 5.91 Å². The van der Waals surface area contributed by atoms with Gasteiger partial charge in [-0.05, 0) is 12.8 Å². The number of nitrogens with zero attached hydrogens (tertiary/aromatic N) is 4. The fourth-order valence-electron chi connectivity index (χ4n) is 3.94. The van der Waals surface area contributed by atoms with Crippen molar-refractivity contribution in [3.05, 3.63) is 18.1 Å². The number of fused-ring (bicyclic) bond motifs is 5. The lowest BCUT2D eigenvalue weighted by Gasteiger charge is -2.36. The summed E-state index contributed by atoms with van der Waals surface area (Å²) in [4.78, 5) is 31.6. The van der Waals surface area contributed by atoms with E-state index in [4.69, 9.17) is 4.99 Å². The first-order valence-corrected chi connectivity index (χ1v) is 9.05. The molecule has 3 aliphatic rings. The number of hydrogen-bond acceptors (Lipinski definition) is 5. The van der Waals surface area contributed by atoms with Crippen LogP contribution >= 0.6 is 11.8 Å². The maximum absolute atomic E-state index is 13.0. The first kappa shape index (κ1) is 13.5. The van der Waals surface area contributed by atoms with Crippen molar-refractivity contribution < 1.29 is 4.79 Å². The lowest BCUT2D eigenvalue weighted by atomic mass is 9.93. The molecule has 0 aromatic carbocycles. The number of amides is 1. The summed E-state index contributed by atoms with van der Waals surface area (Å²) in [6.45, 7) is 0. The zero-order valence-corrected chi connectivity index (χ0v) is 13.4. The predicted molar refractivity (Wildman–Crippen MR) is 88.5 cm³/mol. The number of aromatic amines is 1. The first-order chi connectivity index (χ1) is 11.3. The van der Waals surface area contributed by atoms with Gasteiger partial charge in [-0.1, -0.05) is 31.0 Å². The Hall–Kier alpha value is -1.89. The van der Waals surface area contributed by atoms with Crippen molar-refractivity contribution in [2.24, 2.45) is 4.99 Å². The average Bonchev–Trinajstić information content (AvgIpc) is 3.19. The smallest absolute Gasteiger partial charge is 0.244 e. The van der Waals surface area contributed by atoms with E-state index in [1.54, 1.807) is 30.6 Å². The average molecular weight is 327 g/mol. The van der Waals surface area contributed by atoms with Crippen LogP contribution in [0.1, 0.15) is 43.7 Å². The third-order valence-corrected chi connectivity index (χ3v) is 6.37. The third kappa shape index (κ3) is 1.95. The molecule has 1 aliphatic carbocycles. The number of thioether (sulfide) groups is 1. The number of nitrogens with one attached hydrogen (secondary N) is 1. The SMILES string of the molecule is O=C1C2Sc3ncc4nc[nH]c4c3C2N=CN1C1CCCCC1. The molecule has 1 N–H and O–H groups in total. The van der Waals surface area contributed by atoms with Crippen LogP contribution in [0.3, 0.4) is 0 Å². The lowest BCUT2D eigenvalue weighted by molar-refractivity contribution is -0.129. The van der Waals surface area contributed by atoms with Gasteiger partial charge in [0.15, 0.2) is 0 Å². The standard InChI is InChI=1S/C16H17N5OS/c22-16-14-13(20-8-21(16)9-4-2-1-3-5-9)11-12-10(18-7-19-12)6-17-15(11)23-14/h6-9,13-14H,1-5H2,(H,18,19). The van der Waals surface area contributed by atoms with Crippen LogP contribution in [0.4, 0.5) is 0 Å². The van der Waals surface area contributed by atoms with Gasteiger partial charge in [0, 0.05) is 11.6 Å². The molecule has 23 heavy (non-hydrogen) atoms. The molecule has 1 amide bonds. The molecule has 7 heteroatoms. The molecule has 4 heterocycles. The van der Waals surface area contributed by atoms with Gasteiger partial charge in [-0.15, -0.1) is 0 Å². The molecule has 118 valence electrons. The monoisotopic (exact) mass is 327 g/mol. The van der Waals surface area contributed by atoms with E-state index in [0.717, 1.165) is 34.5 Å². The van der Waals surface area contributed by atoms with Crippen molar-refractivity contribution in [3.63, 3.8) is 0 Å². The molecular weight excluding hydrogens is 310 g/mol. The van der Waals surface area contributed by atoms with Gasteiger partial charge in [0.25, 0.3) is 0 Å². The minimum Gasteiger partial charge on any atom is -0.344 e. The molecule has 1 fully saturated rings. The highest BCUT2D eigenvalue weighted by Gasteiger charge is 2.45. The second-order valence-corrected chi connectivity index (χ2v) is 7.56. The van der Waals surface area contributed by atoms with Crippen LogP contribution < -0.4 is 0 Å². The minimum atomic E-state index is -0.182. The number of rotatable bonds is 1. The van der Waals surface area contributed by atoms with Gasteiger partial charge in [0.1, 0.15) is 21.8 Å². The van der Waals surface area contributed by atoms with Crippen molar-refractivity contribution in [3.8, 4) is 0 Å². The van der Waals surface area contributed by atoms with E-state index < -0.39 is 0 Å². The van der Waals surface area contributed by atoms with Crippen molar-refractivity contribution >= 4 is 35.0 Å². The summed E-state index contributed by atoms with van der Waals surface area (Å²) in [7, 11) is 0. The molecule has 5 rings (SSSR count). The van der Waals surface area contributed by atoms with Gasteiger partial charge >= 0.3 is 0 Å². The zero-order chi connectivity index (χ0) is 15.4. The molecule has 0 spiro atoms. The number of carbonyl (C=O) groups excluding carboxylic acids is 1. The Labute approximate surface area is 137 Å². The predicted octanol–water partition coefficient (Wildman–Crippen LogP) is 2.68. The summed E-state index contributed by atoms with van der Waals surface area (Å²) in [6, 6.07) is 0.185. The number of aliphatic imine (C=N–C) groups is 1. The summed E-state index contributed by atoms with van der Waals surface area (Å²) in [5.41, 5.74) is 2.83. The van der Waals surface area contributed by atoms with E-state index in [2.05, 4.69) is 15.0 Å². The lowest BCUT2D eigenvalue weighted by Crippen LogP contribution is -2.48. The van der Waals surface area contributed by atoms with Crippen molar-refractivity contribution in [1.82, 2.24) is 19.9 Å². The number of imidazole rings is 1. The topological polar surface area (TPSA) is 74.2 Å². The quantitative estimate of drug-likeness (QED) is 0.874. The Bertz CT molecular complexity index is 810. The Morgan fingerprint density at radius 1 is 1.22 bits per heavy atom. The Morgan fingerprint density at radius 3 is 2.96 bits per heavy atom. The van der Waals surface area contributed by atoms with Gasteiger partial charge < -0.3 is 4.98 Å². The number of hydrogen-bond donors (Lipinski definition) is 1. The normalized spacial score (nSPS) is 27.5. The third-order valence-electron chi connectivity index (χ3n) is 5.11. The summed E-state index contributed by atoms with van der Waals surface area (Å²) in [5, 5.41) is 0.728. The molecule has 0 bridgehead atoms. The Morgan fingerprint density at radius 2 is 2.09 bits per heavy atom. The number of carbonyl (C=O) groups is 1. The van der Waals surface area contributed by atoms with Gasteiger partial charge in [-0.25, -0.2) is 9.97 Å². The van der Waals surface area contributed by atoms with E-state index in [1.165, 1.54) is 19.3 Å². The Balaban J connectivity index is 1.53. The molecule has 2 unspecified atom stereocenters. The highest BCUT2D eigenvalue weighted by molar-refractivity contribution is 8.01. The number of H-pyrrole nitrogens is 1. The maximum atomic E-state index is 13.0. The summed E-state index contributed by atoms with van der Waals surface area (Å²) < 4.78 is 0.